The van der Waals surface area contributed by atoms with Gasteiger partial charge in [0, 0.05) is 42.5 Å². The molecule has 4 nitrogen and oxygen atoms in total. The maximum Gasteiger partial charge on any atom is 0.243 e. The first-order valence-corrected chi connectivity index (χ1v) is 13.1. The molecule has 0 aliphatic heterocycles. The van der Waals surface area contributed by atoms with Crippen molar-refractivity contribution in [1.29, 1.82) is 0 Å². The van der Waals surface area contributed by atoms with E-state index < -0.39 is 6.04 Å². The number of carbonyl (C=O) groups is 2. The fourth-order valence-corrected chi connectivity index (χ4v) is 4.70. The summed E-state index contributed by atoms with van der Waals surface area (Å²) in [7, 11) is 0. The Morgan fingerprint density at radius 2 is 1.49 bits per heavy atom. The lowest BCUT2D eigenvalue weighted by atomic mass is 10.0. The van der Waals surface area contributed by atoms with Crippen molar-refractivity contribution in [2.24, 2.45) is 0 Å². The standard InChI is InChI=1S/C29H33FN2O2S/c1-22(2)31-29(34)27(19-23-11-5-3-6-12-23)32(20-25-15-9-10-16-26(25)30)28(33)17-18-35-21-24-13-7-4-8-14-24/h3-16,22,27H,17-21H2,1-2H3,(H,31,34). The molecule has 0 saturated heterocycles. The zero-order valence-corrected chi connectivity index (χ0v) is 21.1. The lowest BCUT2D eigenvalue weighted by Gasteiger charge is -2.32. The predicted molar refractivity (Wildman–Crippen MR) is 141 cm³/mol. The van der Waals surface area contributed by atoms with Crippen LogP contribution in [0.3, 0.4) is 0 Å². The van der Waals surface area contributed by atoms with Crippen molar-refractivity contribution in [3.8, 4) is 0 Å². The van der Waals surface area contributed by atoms with Crippen molar-refractivity contribution in [3.05, 3.63) is 107 Å². The number of rotatable bonds is 12. The van der Waals surface area contributed by atoms with Gasteiger partial charge in [0.15, 0.2) is 0 Å². The Kier molecular flexibility index (Phi) is 10.4. The van der Waals surface area contributed by atoms with Crippen LogP contribution in [0.25, 0.3) is 0 Å². The van der Waals surface area contributed by atoms with Crippen LogP contribution in [0, 0.1) is 5.82 Å². The van der Waals surface area contributed by atoms with Gasteiger partial charge in [-0.25, -0.2) is 4.39 Å². The van der Waals surface area contributed by atoms with E-state index in [0.29, 0.717) is 17.7 Å². The second kappa shape index (κ2) is 13.7. The van der Waals surface area contributed by atoms with Crippen molar-refractivity contribution < 1.29 is 14.0 Å². The third-order valence-electron chi connectivity index (χ3n) is 5.57. The summed E-state index contributed by atoms with van der Waals surface area (Å²) in [5, 5.41) is 2.96. The Bertz CT molecular complexity index is 1080. The molecule has 0 aliphatic carbocycles. The summed E-state index contributed by atoms with van der Waals surface area (Å²) in [4.78, 5) is 28.3. The molecule has 0 fully saturated rings. The van der Waals surface area contributed by atoms with Crippen LogP contribution in [0.5, 0.6) is 0 Å². The van der Waals surface area contributed by atoms with E-state index in [-0.39, 0.29) is 36.6 Å². The van der Waals surface area contributed by atoms with E-state index in [1.165, 1.54) is 11.6 Å². The average molecular weight is 493 g/mol. The van der Waals surface area contributed by atoms with Gasteiger partial charge in [-0.1, -0.05) is 78.9 Å². The van der Waals surface area contributed by atoms with Gasteiger partial charge in [-0.05, 0) is 31.0 Å². The molecule has 6 heteroatoms. The van der Waals surface area contributed by atoms with E-state index in [0.717, 1.165) is 11.3 Å². The van der Waals surface area contributed by atoms with Gasteiger partial charge in [-0.2, -0.15) is 11.8 Å². The Morgan fingerprint density at radius 1 is 0.886 bits per heavy atom. The van der Waals surface area contributed by atoms with Crippen molar-refractivity contribution in [2.45, 2.75) is 51.1 Å². The first-order valence-electron chi connectivity index (χ1n) is 11.9. The van der Waals surface area contributed by atoms with Crippen molar-refractivity contribution in [1.82, 2.24) is 10.2 Å². The minimum Gasteiger partial charge on any atom is -0.352 e. The number of hydrogen-bond donors (Lipinski definition) is 1. The highest BCUT2D eigenvalue weighted by Crippen LogP contribution is 2.19. The summed E-state index contributed by atoms with van der Waals surface area (Å²) < 4.78 is 14.6. The van der Waals surface area contributed by atoms with Crippen LogP contribution in [0.1, 0.15) is 37.0 Å². The van der Waals surface area contributed by atoms with Crippen LogP contribution in [-0.2, 0) is 28.3 Å². The van der Waals surface area contributed by atoms with Crippen molar-refractivity contribution in [2.75, 3.05) is 5.75 Å². The molecule has 0 aromatic heterocycles. The zero-order valence-electron chi connectivity index (χ0n) is 20.3. The van der Waals surface area contributed by atoms with Gasteiger partial charge in [-0.15, -0.1) is 0 Å². The Morgan fingerprint density at radius 3 is 2.11 bits per heavy atom. The van der Waals surface area contributed by atoms with Gasteiger partial charge in [0.25, 0.3) is 0 Å². The highest BCUT2D eigenvalue weighted by atomic mass is 32.2. The number of hydrogen-bond acceptors (Lipinski definition) is 3. The number of thioether (sulfide) groups is 1. The third-order valence-corrected chi connectivity index (χ3v) is 6.60. The average Bonchev–Trinajstić information content (AvgIpc) is 2.85. The van der Waals surface area contributed by atoms with Gasteiger partial charge in [0.1, 0.15) is 11.9 Å². The molecule has 1 atom stereocenters. The van der Waals surface area contributed by atoms with Crippen molar-refractivity contribution >= 4 is 23.6 Å². The molecule has 0 spiro atoms. The smallest absolute Gasteiger partial charge is 0.243 e. The van der Waals surface area contributed by atoms with Crippen LogP contribution >= 0.6 is 11.8 Å². The molecule has 184 valence electrons. The molecule has 1 unspecified atom stereocenters. The van der Waals surface area contributed by atoms with E-state index in [1.807, 2.05) is 62.4 Å². The van der Waals surface area contributed by atoms with Gasteiger partial charge >= 0.3 is 0 Å². The number of amides is 2. The maximum absolute atomic E-state index is 14.6. The maximum atomic E-state index is 14.6. The van der Waals surface area contributed by atoms with Gasteiger partial charge in [-0.3, -0.25) is 9.59 Å². The fraction of sp³-hybridized carbons (Fsp3) is 0.310. The number of benzene rings is 3. The molecule has 2 amide bonds. The molecular weight excluding hydrogens is 459 g/mol. The van der Waals surface area contributed by atoms with Crippen LogP contribution in [0.15, 0.2) is 84.9 Å². The summed E-state index contributed by atoms with van der Waals surface area (Å²) in [6, 6.07) is 25.3. The van der Waals surface area contributed by atoms with E-state index in [9.17, 15) is 14.0 Å². The second-order valence-electron chi connectivity index (χ2n) is 8.77. The molecule has 0 saturated carbocycles. The largest absolute Gasteiger partial charge is 0.352 e. The fourth-order valence-electron chi connectivity index (χ4n) is 3.81. The third kappa shape index (κ3) is 8.55. The molecule has 0 radical (unpaired) electrons. The first kappa shape index (κ1) is 26.5. The molecule has 3 rings (SSSR count). The summed E-state index contributed by atoms with van der Waals surface area (Å²) in [6.45, 7) is 3.82. The molecule has 3 aromatic carbocycles. The van der Waals surface area contributed by atoms with Crippen LogP contribution in [0.4, 0.5) is 4.39 Å². The van der Waals surface area contributed by atoms with E-state index in [2.05, 4.69) is 17.4 Å². The zero-order chi connectivity index (χ0) is 25.0. The molecular formula is C29H33FN2O2S. The van der Waals surface area contributed by atoms with E-state index in [4.69, 9.17) is 0 Å². The van der Waals surface area contributed by atoms with Crippen LogP contribution in [-0.4, -0.2) is 34.6 Å². The summed E-state index contributed by atoms with van der Waals surface area (Å²) in [5.41, 5.74) is 2.54. The monoisotopic (exact) mass is 492 g/mol. The number of nitrogens with zero attached hydrogens (tertiary/aromatic N) is 1. The Hall–Kier alpha value is -3.12. The molecule has 3 aromatic rings. The lowest BCUT2D eigenvalue weighted by molar-refractivity contribution is -0.141. The van der Waals surface area contributed by atoms with Gasteiger partial charge in [0.05, 0.1) is 0 Å². The predicted octanol–water partition coefficient (Wildman–Crippen LogP) is 5.61. The normalized spacial score (nSPS) is 11.8. The summed E-state index contributed by atoms with van der Waals surface area (Å²) in [6.07, 6.45) is 0.628. The second-order valence-corrected chi connectivity index (χ2v) is 9.88. The molecule has 0 heterocycles. The molecule has 35 heavy (non-hydrogen) atoms. The highest BCUT2D eigenvalue weighted by molar-refractivity contribution is 7.98. The lowest BCUT2D eigenvalue weighted by Crippen LogP contribution is -2.52. The first-order chi connectivity index (χ1) is 16.9. The number of halogens is 1. The van der Waals surface area contributed by atoms with Crippen LogP contribution in [0.2, 0.25) is 0 Å². The van der Waals surface area contributed by atoms with Crippen LogP contribution < -0.4 is 5.32 Å². The summed E-state index contributed by atoms with van der Waals surface area (Å²) >= 11 is 1.67. The minimum atomic E-state index is -0.744. The van der Waals surface area contributed by atoms with Gasteiger partial charge < -0.3 is 10.2 Å². The van der Waals surface area contributed by atoms with E-state index in [1.54, 1.807) is 34.9 Å². The van der Waals surface area contributed by atoms with Gasteiger partial charge in [0.2, 0.25) is 11.8 Å². The van der Waals surface area contributed by atoms with Crippen molar-refractivity contribution in [3.63, 3.8) is 0 Å². The Balaban J connectivity index is 1.80. The topological polar surface area (TPSA) is 49.4 Å². The minimum absolute atomic E-state index is 0.0396. The van der Waals surface area contributed by atoms with E-state index >= 15 is 0 Å². The quantitative estimate of drug-likeness (QED) is 0.334. The Labute approximate surface area is 211 Å². The SMILES string of the molecule is CC(C)NC(=O)C(Cc1ccccc1)N(Cc1ccccc1F)C(=O)CCSCc1ccccc1. The number of carbonyl (C=O) groups excluding carboxylic acids is 2. The highest BCUT2D eigenvalue weighted by Gasteiger charge is 2.31. The molecule has 0 bridgehead atoms. The molecule has 0 aliphatic rings. The summed E-state index contributed by atoms with van der Waals surface area (Å²) in [5.74, 6) is 0.652. The molecule has 1 N–H and O–H groups in total. The number of nitrogens with one attached hydrogen (secondary N) is 1.